The molecule has 0 amide bonds. The van der Waals surface area contributed by atoms with Crippen LogP contribution in [0.2, 0.25) is 0 Å². The third-order valence-electron chi connectivity index (χ3n) is 3.47. The van der Waals surface area contributed by atoms with Gasteiger partial charge in [-0.1, -0.05) is 0 Å². The van der Waals surface area contributed by atoms with Crippen molar-refractivity contribution >= 4 is 11.4 Å². The monoisotopic (exact) mass is 283 g/mol. The Kier molecular flexibility index (Phi) is 3.28. The Morgan fingerprint density at radius 2 is 2.33 bits per heavy atom. The van der Waals surface area contributed by atoms with Gasteiger partial charge < -0.3 is 9.88 Å². The molecule has 1 heterocycles. The van der Waals surface area contributed by atoms with Crippen LogP contribution in [0.4, 0.5) is 11.4 Å². The molecule has 1 fully saturated rings. The number of rotatable bonds is 5. The molecule has 1 aromatic carbocycles. The van der Waals surface area contributed by atoms with Crippen LogP contribution in [0.25, 0.3) is 0 Å². The Morgan fingerprint density at radius 3 is 3.00 bits per heavy atom. The van der Waals surface area contributed by atoms with Gasteiger partial charge in [0, 0.05) is 18.3 Å². The number of benzene rings is 1. The molecule has 7 nitrogen and oxygen atoms in total. The van der Waals surface area contributed by atoms with Crippen molar-refractivity contribution in [3.63, 3.8) is 0 Å². The Labute approximate surface area is 121 Å². The van der Waals surface area contributed by atoms with Gasteiger partial charge in [0.05, 0.1) is 35.1 Å². The van der Waals surface area contributed by atoms with Crippen LogP contribution in [0.1, 0.15) is 30.1 Å². The van der Waals surface area contributed by atoms with Crippen LogP contribution in [-0.2, 0) is 6.54 Å². The molecular formula is C14H13N5O2. The number of nitriles is 1. The highest BCUT2D eigenvalue weighted by atomic mass is 16.6. The first kappa shape index (κ1) is 13.1. The van der Waals surface area contributed by atoms with Crippen molar-refractivity contribution in [3.8, 4) is 6.07 Å². The van der Waals surface area contributed by atoms with Gasteiger partial charge >= 0.3 is 0 Å². The van der Waals surface area contributed by atoms with E-state index >= 15 is 0 Å². The van der Waals surface area contributed by atoms with Gasteiger partial charge in [-0.2, -0.15) is 5.26 Å². The van der Waals surface area contributed by atoms with Crippen molar-refractivity contribution in [3.05, 3.63) is 52.1 Å². The van der Waals surface area contributed by atoms with Crippen LogP contribution in [0.5, 0.6) is 0 Å². The van der Waals surface area contributed by atoms with E-state index in [1.54, 1.807) is 24.7 Å². The summed E-state index contributed by atoms with van der Waals surface area (Å²) >= 11 is 0. The molecule has 0 unspecified atom stereocenters. The number of hydrogen-bond acceptors (Lipinski definition) is 5. The van der Waals surface area contributed by atoms with Gasteiger partial charge in [-0.25, -0.2) is 4.98 Å². The molecule has 1 N–H and O–H groups in total. The third kappa shape index (κ3) is 2.69. The molecule has 1 saturated carbocycles. The minimum atomic E-state index is -0.485. The number of aromatic nitrogens is 2. The number of nitrogens with zero attached hydrogens (tertiary/aromatic N) is 4. The highest BCUT2D eigenvalue weighted by Gasteiger charge is 2.25. The van der Waals surface area contributed by atoms with Gasteiger partial charge in [0.1, 0.15) is 5.69 Å². The summed E-state index contributed by atoms with van der Waals surface area (Å²) in [6.07, 6.45) is 5.86. The zero-order valence-electron chi connectivity index (χ0n) is 11.2. The lowest BCUT2D eigenvalue weighted by atomic mass is 10.2. The molecule has 106 valence electrons. The molecule has 1 aliphatic carbocycles. The average Bonchev–Trinajstić information content (AvgIpc) is 3.23. The van der Waals surface area contributed by atoms with Crippen LogP contribution in [0.15, 0.2) is 30.7 Å². The van der Waals surface area contributed by atoms with Crippen molar-refractivity contribution in [2.45, 2.75) is 25.4 Å². The van der Waals surface area contributed by atoms with Crippen molar-refractivity contribution in [1.82, 2.24) is 9.55 Å². The zero-order chi connectivity index (χ0) is 14.8. The van der Waals surface area contributed by atoms with Crippen LogP contribution in [0, 0.1) is 21.4 Å². The molecule has 3 rings (SSSR count). The number of hydrogen-bond donors (Lipinski definition) is 1. The molecule has 1 aromatic heterocycles. The Hall–Kier alpha value is -2.88. The molecule has 0 atom stereocenters. The van der Waals surface area contributed by atoms with E-state index in [1.165, 1.54) is 6.07 Å². The van der Waals surface area contributed by atoms with Crippen molar-refractivity contribution < 1.29 is 4.92 Å². The van der Waals surface area contributed by atoms with Gasteiger partial charge in [-0.15, -0.1) is 0 Å². The summed E-state index contributed by atoms with van der Waals surface area (Å²) in [5.41, 5.74) is 1.58. The minimum absolute atomic E-state index is 0.0912. The van der Waals surface area contributed by atoms with Crippen LogP contribution >= 0.6 is 0 Å². The summed E-state index contributed by atoms with van der Waals surface area (Å²) in [5, 5.41) is 22.9. The van der Waals surface area contributed by atoms with E-state index in [0.717, 1.165) is 18.5 Å². The van der Waals surface area contributed by atoms with E-state index in [-0.39, 0.29) is 11.3 Å². The second-order valence-corrected chi connectivity index (χ2v) is 4.98. The molecule has 21 heavy (non-hydrogen) atoms. The minimum Gasteiger partial charge on any atom is -0.374 e. The third-order valence-corrected chi connectivity index (χ3v) is 3.47. The summed E-state index contributed by atoms with van der Waals surface area (Å²) < 4.78 is 2.10. The SMILES string of the molecule is N#Cc1ccc(NCc2cncn2C2CC2)c([N+](=O)[O-])c1. The second kappa shape index (κ2) is 5.25. The summed E-state index contributed by atoms with van der Waals surface area (Å²) in [7, 11) is 0. The summed E-state index contributed by atoms with van der Waals surface area (Å²) in [4.78, 5) is 14.7. The fourth-order valence-corrected chi connectivity index (χ4v) is 2.24. The van der Waals surface area contributed by atoms with Crippen molar-refractivity contribution in [2.75, 3.05) is 5.32 Å². The fraction of sp³-hybridized carbons (Fsp3) is 0.286. The summed E-state index contributed by atoms with van der Waals surface area (Å²) in [5.74, 6) is 0. The maximum Gasteiger partial charge on any atom is 0.293 e. The lowest BCUT2D eigenvalue weighted by Crippen LogP contribution is -2.07. The Bertz CT molecular complexity index is 727. The molecule has 2 aromatic rings. The van der Waals surface area contributed by atoms with Crippen LogP contribution in [0.3, 0.4) is 0 Å². The van der Waals surface area contributed by atoms with E-state index in [1.807, 2.05) is 6.07 Å². The lowest BCUT2D eigenvalue weighted by molar-refractivity contribution is -0.384. The van der Waals surface area contributed by atoms with Crippen molar-refractivity contribution in [1.29, 1.82) is 5.26 Å². The van der Waals surface area contributed by atoms with Gasteiger partial charge in [0.2, 0.25) is 0 Å². The van der Waals surface area contributed by atoms with Gasteiger partial charge in [-0.05, 0) is 25.0 Å². The molecule has 0 radical (unpaired) electrons. The summed E-state index contributed by atoms with van der Waals surface area (Å²) in [6, 6.07) is 6.82. The maximum atomic E-state index is 11.1. The molecule has 0 saturated heterocycles. The lowest BCUT2D eigenvalue weighted by Gasteiger charge is -2.09. The first-order chi connectivity index (χ1) is 10.2. The van der Waals surface area contributed by atoms with Crippen LogP contribution < -0.4 is 5.32 Å². The predicted octanol–water partition coefficient (Wildman–Crippen LogP) is 2.61. The number of nitrogens with one attached hydrogen (secondary N) is 1. The zero-order valence-corrected chi connectivity index (χ0v) is 11.2. The maximum absolute atomic E-state index is 11.1. The van der Waals surface area contributed by atoms with Crippen molar-refractivity contribution in [2.24, 2.45) is 0 Å². The van der Waals surface area contributed by atoms with Crippen LogP contribution in [-0.4, -0.2) is 14.5 Å². The Balaban J connectivity index is 1.80. The van der Waals surface area contributed by atoms with E-state index in [2.05, 4.69) is 14.9 Å². The standard InChI is InChI=1S/C14H13N5O2/c15-6-10-1-4-13(14(5-10)19(20)21)17-8-12-7-16-9-18(12)11-2-3-11/h1,4-5,7,9,11,17H,2-3,8H2. The van der Waals surface area contributed by atoms with E-state index < -0.39 is 4.92 Å². The summed E-state index contributed by atoms with van der Waals surface area (Å²) in [6.45, 7) is 0.462. The number of nitro benzene ring substituents is 1. The number of nitro groups is 1. The quantitative estimate of drug-likeness (QED) is 0.672. The van der Waals surface area contributed by atoms with E-state index in [9.17, 15) is 10.1 Å². The molecule has 0 spiro atoms. The van der Waals surface area contributed by atoms with E-state index in [0.29, 0.717) is 18.3 Å². The fourth-order valence-electron chi connectivity index (χ4n) is 2.24. The highest BCUT2D eigenvalue weighted by molar-refractivity contribution is 5.64. The first-order valence-electron chi connectivity index (χ1n) is 6.62. The average molecular weight is 283 g/mol. The predicted molar refractivity (Wildman–Crippen MR) is 75.6 cm³/mol. The van der Waals surface area contributed by atoms with Gasteiger partial charge in [0.15, 0.2) is 0 Å². The largest absolute Gasteiger partial charge is 0.374 e. The molecule has 7 heteroatoms. The number of imidazole rings is 1. The molecule has 0 bridgehead atoms. The molecule has 0 aliphatic heterocycles. The molecule has 1 aliphatic rings. The topological polar surface area (TPSA) is 96.8 Å². The van der Waals surface area contributed by atoms with Gasteiger partial charge in [-0.3, -0.25) is 10.1 Å². The van der Waals surface area contributed by atoms with Gasteiger partial charge in [0.25, 0.3) is 5.69 Å². The smallest absolute Gasteiger partial charge is 0.293 e. The second-order valence-electron chi connectivity index (χ2n) is 4.98. The highest BCUT2D eigenvalue weighted by Crippen LogP contribution is 2.36. The van der Waals surface area contributed by atoms with E-state index in [4.69, 9.17) is 5.26 Å². The number of anilines is 1. The normalized spacial score (nSPS) is 13.7. The Morgan fingerprint density at radius 1 is 1.52 bits per heavy atom. The first-order valence-corrected chi connectivity index (χ1v) is 6.62. The molecular weight excluding hydrogens is 270 g/mol.